The normalized spacial score (nSPS) is 11.2. The minimum atomic E-state index is -6.09. The van der Waals surface area contributed by atoms with Gasteiger partial charge < -0.3 is 23.5 Å². The summed E-state index contributed by atoms with van der Waals surface area (Å²) in [7, 11) is -0.496. The molecule has 0 aliphatic rings. The molecule has 258 valence electrons. The molecule has 7 nitrogen and oxygen atoms in total. The van der Waals surface area contributed by atoms with E-state index < -0.39 is 31.5 Å². The standard InChI is InChI=1S/C31H34O4P2.CHF3O3S.CH3.Pd/c1-32-24-14-5-9-18-28(24)36(29-19-10-6-15-25(29)33-2)22-13-23-37(30-20-11-7-16-26(30)34-3)31-21-12-8-17-27(31)35-4;2-1(3,4)8(5,6)7;;/h5-12,14-21H,13,22-23H2,1-4H3;(H,5,6,7);1H3;/q;;;+1/p-1. The second-order valence-electron chi connectivity index (χ2n) is 9.24. The molecule has 0 fully saturated rings. The maximum atomic E-state index is 10.7. The predicted octanol–water partition coefficient (Wildman–Crippen LogP) is 6.31. The van der Waals surface area contributed by atoms with Crippen molar-refractivity contribution < 1.29 is 64.3 Å². The van der Waals surface area contributed by atoms with E-state index >= 15 is 0 Å². The molecule has 0 bridgehead atoms. The van der Waals surface area contributed by atoms with E-state index in [0.717, 1.165) is 41.7 Å². The summed E-state index contributed by atoms with van der Waals surface area (Å²) in [6, 6.07) is 33.5. The van der Waals surface area contributed by atoms with Gasteiger partial charge in [0.05, 0.1) is 28.4 Å². The molecule has 0 N–H and O–H groups in total. The fraction of sp³-hybridized carbons (Fsp3) is 0.273. The monoisotopic (exact) mass is 802 g/mol. The fourth-order valence-electron chi connectivity index (χ4n) is 4.54. The van der Waals surface area contributed by atoms with E-state index in [1.165, 1.54) is 21.2 Å². The molecule has 0 aliphatic heterocycles. The van der Waals surface area contributed by atoms with Crippen LogP contribution >= 0.6 is 15.8 Å². The number of benzene rings is 4. The van der Waals surface area contributed by atoms with Crippen LogP contribution in [0.1, 0.15) is 6.42 Å². The molecular formula is C33H37F3O7P2PdS. The zero-order chi connectivity index (χ0) is 35.0. The Morgan fingerprint density at radius 2 is 0.787 bits per heavy atom. The number of ether oxygens (including phenoxy) is 4. The van der Waals surface area contributed by atoms with Crippen molar-refractivity contribution in [2.24, 2.45) is 0 Å². The third-order valence-corrected chi connectivity index (χ3v) is 12.4. The van der Waals surface area contributed by atoms with Gasteiger partial charge in [-0.25, -0.2) is 8.42 Å². The summed E-state index contributed by atoms with van der Waals surface area (Å²) in [6.45, 7) is 0. The summed E-state index contributed by atoms with van der Waals surface area (Å²) < 4.78 is 82.1. The van der Waals surface area contributed by atoms with Gasteiger partial charge in [0.2, 0.25) is 0 Å². The van der Waals surface area contributed by atoms with E-state index in [4.69, 9.17) is 31.9 Å². The summed E-state index contributed by atoms with van der Waals surface area (Å²) in [5.74, 6) is 3.71. The Morgan fingerprint density at radius 3 is 0.979 bits per heavy atom. The van der Waals surface area contributed by atoms with Crippen molar-refractivity contribution in [2.75, 3.05) is 40.8 Å². The quantitative estimate of drug-likeness (QED) is 0.0718. The Hall–Kier alpha value is -2.70. The molecule has 0 aromatic heterocycles. The fourth-order valence-corrected chi connectivity index (χ4v) is 10.0. The van der Waals surface area contributed by atoms with Crippen molar-refractivity contribution in [3.63, 3.8) is 0 Å². The average Bonchev–Trinajstić information content (AvgIpc) is 3.09. The van der Waals surface area contributed by atoms with Crippen molar-refractivity contribution in [2.45, 2.75) is 17.3 Å². The molecule has 0 heterocycles. The summed E-state index contributed by atoms with van der Waals surface area (Å²) in [5.41, 5.74) is -5.65. The van der Waals surface area contributed by atoms with Crippen molar-refractivity contribution in [1.29, 1.82) is 0 Å². The van der Waals surface area contributed by atoms with Crippen molar-refractivity contribution >= 4 is 47.2 Å². The Balaban J connectivity index is 0.000000672. The van der Waals surface area contributed by atoms with Crippen LogP contribution in [0.3, 0.4) is 0 Å². The Morgan fingerprint density at radius 1 is 0.574 bits per heavy atom. The van der Waals surface area contributed by atoms with Gasteiger partial charge in [0.1, 0.15) is 23.0 Å². The molecule has 0 saturated heterocycles. The number of halogens is 3. The van der Waals surface area contributed by atoms with Gasteiger partial charge in [-0.2, -0.15) is 13.2 Å². The van der Waals surface area contributed by atoms with Gasteiger partial charge >= 0.3 is 30.1 Å². The van der Waals surface area contributed by atoms with Gasteiger partial charge in [-0.05, 0) is 58.9 Å². The molecule has 4 aromatic carbocycles. The molecule has 14 heteroatoms. The number of methoxy groups -OCH3 is 4. The molecule has 4 rings (SSSR count). The van der Waals surface area contributed by atoms with Crippen LogP contribution in [0, 0.1) is 0 Å². The molecule has 0 radical (unpaired) electrons. The van der Waals surface area contributed by atoms with Crippen molar-refractivity contribution in [1.82, 2.24) is 0 Å². The van der Waals surface area contributed by atoms with E-state index in [2.05, 4.69) is 92.0 Å². The third kappa shape index (κ3) is 11.5. The van der Waals surface area contributed by atoms with E-state index in [1.807, 2.05) is 29.7 Å². The molecule has 0 aliphatic carbocycles. The minimum absolute atomic E-state index is 0.697. The molecule has 0 spiro atoms. The first kappa shape index (κ1) is 40.5. The number of hydrogen-bond donors (Lipinski definition) is 0. The predicted molar refractivity (Wildman–Crippen MR) is 180 cm³/mol. The topological polar surface area (TPSA) is 94.1 Å². The van der Waals surface area contributed by atoms with Crippen LogP contribution in [-0.4, -0.2) is 59.2 Å². The molecule has 4 aromatic rings. The molecule has 0 saturated carbocycles. The average molecular weight is 803 g/mol. The van der Waals surface area contributed by atoms with Crippen molar-refractivity contribution in [3.8, 4) is 23.0 Å². The second kappa shape index (κ2) is 20.0. The van der Waals surface area contributed by atoms with E-state index in [-0.39, 0.29) is 0 Å². The van der Waals surface area contributed by atoms with Gasteiger partial charge in [-0.1, -0.05) is 72.8 Å². The summed E-state index contributed by atoms with van der Waals surface area (Å²) >= 11 is 2.75. The first-order valence-electron chi connectivity index (χ1n) is 13.9. The first-order chi connectivity index (χ1) is 22.5. The first-order valence-corrected chi connectivity index (χ1v) is 19.9. The van der Waals surface area contributed by atoms with Crippen LogP contribution < -0.4 is 40.2 Å². The SMILES string of the molecule is COc1ccccc1P(CCCP(c1ccccc1OC)c1ccccc1OC)c1ccccc1OC.O=S(=O)([O-])C(F)(F)F.[CH3][Pd+]. The molecule has 0 atom stereocenters. The van der Waals surface area contributed by atoms with Crippen LogP contribution in [0.2, 0.25) is 5.40 Å². The number of para-hydroxylation sites is 4. The number of rotatable bonds is 12. The Kier molecular flexibility index (Phi) is 17.2. The summed E-state index contributed by atoms with van der Waals surface area (Å²) in [6.07, 6.45) is 3.06. The second-order valence-corrected chi connectivity index (χ2v) is 15.1. The Labute approximate surface area is 288 Å². The molecule has 0 unspecified atom stereocenters. The van der Waals surface area contributed by atoms with Gasteiger partial charge in [0.15, 0.2) is 10.1 Å². The molecular weight excluding hydrogens is 766 g/mol. The molecule has 0 amide bonds. The van der Waals surface area contributed by atoms with Crippen LogP contribution in [0.4, 0.5) is 13.2 Å². The van der Waals surface area contributed by atoms with Gasteiger partial charge in [-0.3, -0.25) is 0 Å². The van der Waals surface area contributed by atoms with Crippen molar-refractivity contribution in [3.05, 3.63) is 97.1 Å². The van der Waals surface area contributed by atoms with Crippen LogP contribution in [0.25, 0.3) is 0 Å². The number of alkyl halides is 3. The van der Waals surface area contributed by atoms with Crippen LogP contribution in [0.5, 0.6) is 23.0 Å². The third-order valence-electron chi connectivity index (χ3n) is 6.55. The molecule has 47 heavy (non-hydrogen) atoms. The number of hydrogen-bond acceptors (Lipinski definition) is 7. The van der Waals surface area contributed by atoms with Gasteiger partial charge in [-0.15, -0.1) is 0 Å². The van der Waals surface area contributed by atoms with Crippen LogP contribution in [-0.2, 0) is 29.3 Å². The summed E-state index contributed by atoms with van der Waals surface area (Å²) in [4.78, 5) is 0. The van der Waals surface area contributed by atoms with E-state index in [0.29, 0.717) is 0 Å². The zero-order valence-corrected chi connectivity index (χ0v) is 30.6. The Bertz CT molecular complexity index is 1450. The van der Waals surface area contributed by atoms with E-state index in [9.17, 15) is 13.2 Å². The van der Waals surface area contributed by atoms with Gasteiger partial charge in [0.25, 0.3) is 0 Å². The summed E-state index contributed by atoms with van der Waals surface area (Å²) in [5, 5.41) is 6.81. The van der Waals surface area contributed by atoms with Crippen LogP contribution in [0.15, 0.2) is 97.1 Å². The van der Waals surface area contributed by atoms with Gasteiger partial charge in [0, 0.05) is 21.2 Å². The van der Waals surface area contributed by atoms with E-state index in [1.54, 1.807) is 28.4 Å². The zero-order valence-electron chi connectivity index (χ0n) is 26.5. The maximum absolute atomic E-state index is 10.7.